The highest BCUT2D eigenvalue weighted by Gasteiger charge is 2.21. The summed E-state index contributed by atoms with van der Waals surface area (Å²) in [5, 5.41) is 17.8. The molecular formula is C30H21N5O12S4. The predicted molar refractivity (Wildman–Crippen MR) is 184 cm³/mol. The van der Waals surface area contributed by atoms with Gasteiger partial charge >= 0.3 is 0 Å². The van der Waals surface area contributed by atoms with Gasteiger partial charge in [0.25, 0.3) is 40.5 Å². The number of hydrogen-bond acceptors (Lipinski definition) is 13. The van der Waals surface area contributed by atoms with E-state index in [0.29, 0.717) is 11.5 Å². The Morgan fingerprint density at radius 2 is 0.902 bits per heavy atom. The van der Waals surface area contributed by atoms with E-state index in [1.165, 1.54) is 60.7 Å². The van der Waals surface area contributed by atoms with Gasteiger partial charge in [-0.05, 0) is 78.2 Å². The van der Waals surface area contributed by atoms with Crippen LogP contribution < -0.4 is 5.73 Å². The van der Waals surface area contributed by atoms with Gasteiger partial charge in [0, 0.05) is 32.6 Å². The molecule has 51 heavy (non-hydrogen) atoms. The summed E-state index contributed by atoms with van der Waals surface area (Å²) in [4.78, 5) is -2.44. The third-order valence-corrected chi connectivity index (χ3v) is 10.9. The van der Waals surface area contributed by atoms with Crippen molar-refractivity contribution in [2.24, 2.45) is 20.5 Å². The Kier molecular flexibility index (Phi) is 8.72. The van der Waals surface area contributed by atoms with Crippen LogP contribution >= 0.6 is 0 Å². The summed E-state index contributed by atoms with van der Waals surface area (Å²) in [6, 6.07) is 18.5. The molecule has 6 aromatic rings. The fraction of sp³-hybridized carbons (Fsp3) is 0. The highest BCUT2D eigenvalue weighted by molar-refractivity contribution is 7.87. The number of benzene rings is 6. The Morgan fingerprint density at radius 3 is 1.45 bits per heavy atom. The first kappa shape index (κ1) is 35.6. The number of nitrogens with zero attached hydrogens (tertiary/aromatic N) is 4. The Hall–Kier alpha value is -5.26. The molecule has 0 aliphatic carbocycles. The fourth-order valence-electron chi connectivity index (χ4n) is 5.14. The van der Waals surface area contributed by atoms with Crippen LogP contribution in [0, 0.1) is 0 Å². The van der Waals surface area contributed by atoms with E-state index >= 15 is 0 Å². The first-order valence-corrected chi connectivity index (χ1v) is 19.7. The average Bonchev–Trinajstić information content (AvgIpc) is 3.04. The minimum Gasteiger partial charge on any atom is -0.398 e. The van der Waals surface area contributed by atoms with Crippen molar-refractivity contribution in [3.8, 4) is 0 Å². The summed E-state index contributed by atoms with van der Waals surface area (Å²) in [6.45, 7) is 0. The maximum absolute atomic E-state index is 12.1. The van der Waals surface area contributed by atoms with Crippen LogP contribution in [0.2, 0.25) is 0 Å². The molecule has 0 radical (unpaired) electrons. The van der Waals surface area contributed by atoms with Crippen LogP contribution in [0.5, 0.6) is 0 Å². The SMILES string of the molecule is Nc1ccc(N=Nc2ccc(N=Nc3ccc4cc(S(=O)(=O)O)cc(S(=O)(=O)O)c4c3)c3ccc(S(=O)(=O)O)cc23)c2ccc(S(=O)(=O)O)cc12. The van der Waals surface area contributed by atoms with Crippen LogP contribution in [0.15, 0.2) is 131 Å². The lowest BCUT2D eigenvalue weighted by Crippen LogP contribution is -2.04. The van der Waals surface area contributed by atoms with Crippen molar-refractivity contribution in [3.05, 3.63) is 91.0 Å². The zero-order valence-corrected chi connectivity index (χ0v) is 28.5. The van der Waals surface area contributed by atoms with Gasteiger partial charge in [-0.25, -0.2) is 0 Å². The minimum absolute atomic E-state index is 0.0300. The Morgan fingerprint density at radius 1 is 0.412 bits per heavy atom. The van der Waals surface area contributed by atoms with Crippen molar-refractivity contribution in [1.82, 2.24) is 0 Å². The molecule has 6 rings (SSSR count). The number of nitrogen functional groups attached to an aromatic ring is 1. The maximum atomic E-state index is 12.1. The molecule has 0 aliphatic heterocycles. The highest BCUT2D eigenvalue weighted by Crippen LogP contribution is 2.39. The van der Waals surface area contributed by atoms with Gasteiger partial charge in [0.05, 0.1) is 37.4 Å². The Bertz CT molecular complexity index is 2990. The quantitative estimate of drug-likeness (QED) is 0.0624. The predicted octanol–water partition coefficient (Wildman–Crippen LogP) is 6.55. The van der Waals surface area contributed by atoms with Crippen LogP contribution in [-0.4, -0.2) is 51.9 Å². The molecule has 0 fully saturated rings. The summed E-state index contributed by atoms with van der Waals surface area (Å²) in [6.07, 6.45) is 0. The molecule has 0 amide bonds. The number of azo groups is 2. The van der Waals surface area contributed by atoms with E-state index in [1.807, 2.05) is 0 Å². The molecular weight excluding hydrogens is 751 g/mol. The molecule has 0 aliphatic rings. The van der Waals surface area contributed by atoms with Crippen LogP contribution in [0.3, 0.4) is 0 Å². The monoisotopic (exact) mass is 771 g/mol. The summed E-state index contributed by atoms with van der Waals surface area (Å²) >= 11 is 0. The lowest BCUT2D eigenvalue weighted by atomic mass is 10.1. The molecule has 0 atom stereocenters. The molecule has 0 spiro atoms. The highest BCUT2D eigenvalue weighted by atomic mass is 32.2. The zero-order valence-electron chi connectivity index (χ0n) is 25.2. The van der Waals surface area contributed by atoms with Crippen LogP contribution in [0.4, 0.5) is 28.4 Å². The van der Waals surface area contributed by atoms with Crippen molar-refractivity contribution < 1.29 is 51.9 Å². The topological polar surface area (TPSA) is 293 Å². The van der Waals surface area contributed by atoms with E-state index in [9.17, 15) is 51.9 Å². The molecule has 0 unspecified atom stereocenters. The number of hydrogen-bond donors (Lipinski definition) is 5. The molecule has 0 heterocycles. The third kappa shape index (κ3) is 7.31. The van der Waals surface area contributed by atoms with Gasteiger partial charge in [-0.15, -0.1) is 15.3 Å². The van der Waals surface area contributed by atoms with E-state index in [1.54, 1.807) is 0 Å². The fourth-order valence-corrected chi connectivity index (χ4v) is 7.50. The van der Waals surface area contributed by atoms with E-state index < -0.39 is 60.1 Å². The van der Waals surface area contributed by atoms with Gasteiger partial charge in [-0.1, -0.05) is 18.2 Å². The smallest absolute Gasteiger partial charge is 0.295 e. The maximum Gasteiger partial charge on any atom is 0.295 e. The van der Waals surface area contributed by atoms with Gasteiger partial charge in [-0.2, -0.15) is 38.8 Å². The van der Waals surface area contributed by atoms with Gasteiger partial charge in [0.15, 0.2) is 0 Å². The number of anilines is 1. The molecule has 0 aromatic heterocycles. The zero-order chi connectivity index (χ0) is 37.1. The average molecular weight is 772 g/mol. The normalized spacial score (nSPS) is 13.3. The van der Waals surface area contributed by atoms with Crippen LogP contribution in [-0.2, 0) is 40.5 Å². The second-order valence-corrected chi connectivity index (χ2v) is 16.5. The summed E-state index contributed by atoms with van der Waals surface area (Å²) in [5.41, 5.74) is 6.74. The second-order valence-electron chi connectivity index (χ2n) is 10.8. The molecule has 17 nitrogen and oxygen atoms in total. The van der Waals surface area contributed by atoms with Gasteiger partial charge in [-0.3, -0.25) is 18.2 Å². The standard InChI is InChI=1S/C30H21N5O12S4/c31-26-7-8-27(21-5-3-18(13-24(21)26)48(36,37)38)34-35-29-10-9-28(22-6-4-19(14-25(22)29)49(39,40)41)33-32-17-2-1-16-11-20(50(42,43)44)15-30(23(16)12-17)51(45,46)47/h1-15H,31H2,(H,36,37,38)(H,39,40,41)(H,42,43,44)(H,45,46,47). The van der Waals surface area contributed by atoms with Crippen molar-refractivity contribution in [1.29, 1.82) is 0 Å². The molecule has 6 aromatic carbocycles. The van der Waals surface area contributed by atoms with Gasteiger partial charge in [0.1, 0.15) is 4.90 Å². The Balaban J connectivity index is 1.45. The third-order valence-electron chi connectivity index (χ3n) is 7.52. The van der Waals surface area contributed by atoms with E-state index in [0.717, 1.165) is 24.3 Å². The first-order chi connectivity index (χ1) is 23.7. The molecule has 6 N–H and O–H groups in total. The first-order valence-electron chi connectivity index (χ1n) is 13.9. The van der Waals surface area contributed by atoms with Gasteiger partial charge in [0.2, 0.25) is 0 Å². The van der Waals surface area contributed by atoms with Gasteiger partial charge < -0.3 is 5.73 Å². The van der Waals surface area contributed by atoms with Crippen LogP contribution in [0.25, 0.3) is 32.3 Å². The summed E-state index contributed by atoms with van der Waals surface area (Å²) < 4.78 is 133. The molecule has 0 bridgehead atoms. The van der Waals surface area contributed by atoms with Crippen LogP contribution in [0.1, 0.15) is 0 Å². The lowest BCUT2D eigenvalue weighted by molar-refractivity contribution is 0.479. The second kappa shape index (κ2) is 12.5. The van der Waals surface area contributed by atoms with Crippen molar-refractivity contribution in [2.75, 3.05) is 5.73 Å². The largest absolute Gasteiger partial charge is 0.398 e. The van der Waals surface area contributed by atoms with E-state index in [2.05, 4.69) is 20.5 Å². The minimum atomic E-state index is -4.97. The number of fused-ring (bicyclic) bond motifs is 3. The number of rotatable bonds is 8. The Labute approximate surface area is 288 Å². The summed E-state index contributed by atoms with van der Waals surface area (Å²) in [5.74, 6) is 0. The van der Waals surface area contributed by atoms with Crippen molar-refractivity contribution >= 4 is 101 Å². The lowest BCUT2D eigenvalue weighted by Gasteiger charge is -2.09. The van der Waals surface area contributed by atoms with Crippen molar-refractivity contribution in [2.45, 2.75) is 19.6 Å². The van der Waals surface area contributed by atoms with E-state index in [-0.39, 0.29) is 55.4 Å². The molecule has 21 heteroatoms. The number of nitrogens with two attached hydrogens (primary N) is 1. The van der Waals surface area contributed by atoms with E-state index in [4.69, 9.17) is 5.73 Å². The molecule has 0 saturated heterocycles. The van der Waals surface area contributed by atoms with Crippen molar-refractivity contribution in [3.63, 3.8) is 0 Å². The molecule has 262 valence electrons. The summed E-state index contributed by atoms with van der Waals surface area (Å²) in [7, 11) is -19.0. The molecule has 0 saturated carbocycles.